The molecule has 0 fully saturated rings. The molecule has 13 N–H and O–H groups in total. The van der Waals surface area contributed by atoms with E-state index in [1.54, 1.807) is 90.0 Å². The number of hydrogen-bond donors (Lipinski definition) is 10. The van der Waals surface area contributed by atoms with Crippen molar-refractivity contribution in [2.45, 2.75) is 237 Å². The maximum Gasteiger partial charge on any atom is 0.312 e. The summed E-state index contributed by atoms with van der Waals surface area (Å²) >= 11 is 0. The van der Waals surface area contributed by atoms with Crippen LogP contribution in [0.1, 0.15) is 213 Å². The van der Waals surface area contributed by atoms with E-state index in [1.807, 2.05) is 13.8 Å². The van der Waals surface area contributed by atoms with Crippen LogP contribution in [0, 0.1) is 51.8 Å². The van der Waals surface area contributed by atoms with Crippen molar-refractivity contribution in [2.24, 2.45) is 69.0 Å². The lowest BCUT2D eigenvalue weighted by Crippen LogP contribution is -2.55. The van der Waals surface area contributed by atoms with Crippen molar-refractivity contribution < 1.29 is 112 Å². The Labute approximate surface area is 689 Å². The van der Waals surface area contributed by atoms with Gasteiger partial charge in [0.2, 0.25) is 23.6 Å². The largest absolute Gasteiger partial charge is 0.748 e. The number of urea groups is 3. The van der Waals surface area contributed by atoms with Crippen LogP contribution in [-0.4, -0.2) is 226 Å². The number of imide groups is 2. The summed E-state index contributed by atoms with van der Waals surface area (Å²) in [4.78, 5) is 210. The van der Waals surface area contributed by atoms with E-state index in [0.717, 1.165) is 15.2 Å². The smallest absolute Gasteiger partial charge is 0.312 e. The van der Waals surface area contributed by atoms with Gasteiger partial charge in [-0.25, -0.2) is 31.2 Å². The molecule has 0 aromatic rings. The van der Waals surface area contributed by atoms with Gasteiger partial charge in [-0.3, -0.25) is 76.9 Å². The molecule has 2 aliphatic rings. The highest BCUT2D eigenvalue weighted by atomic mass is 32.2. The second-order valence-electron chi connectivity index (χ2n) is 33.0. The number of nitrogens with one attached hydrogen (secondary N) is 7. The zero-order chi connectivity index (χ0) is 89.9. The first-order valence-corrected chi connectivity index (χ1v) is 42.9. The van der Waals surface area contributed by atoms with E-state index in [0.29, 0.717) is 83.7 Å². The zero-order valence-corrected chi connectivity index (χ0v) is 72.5. The van der Waals surface area contributed by atoms with E-state index in [2.05, 4.69) is 43.8 Å². The number of ether oxygens (including phenoxy) is 2. The molecule has 2 aliphatic heterocycles. The standard InChI is InChI=1S/C29H47N5O10S.C26H42N4O8.C24H43N3O6S/c1-18(2)25(21(35)16-19(26(39)29(3,4)5)10-9-14-31-28(30)41)33-27(40)20(17-45(42,43)44)32-22(36)11-7-6-8-15-34-23(37)12-13-24(34)38;1-17(2)23(19(31)15-18(24(35)26(3,4)5)7-6-10-28-25(27)36)29-20(32)16-38-14-13-37-12-11-30-21(33)8-9-22(30)34;1-7-34(32,33)15-10-8-9-13-20(29)27-21(17(2)3)19(28)16-18(22(30)24(4,5)6)12-11-14-26-23(25)31/h12-13,18-20,25H,6-11,14-17H2,1-5H3,(H,32,36)(H,33,40)(H3,30,31,41)(H,42,43,44);8-9,17-18,23H,6-7,10-16H2,1-5H3,(H,29,32)(H3,27,28,36);7,17-18,21H,1,8-16H2,2-6H3,(H,27,29)(H3,25,26,31)/p-1/t19-,20+,25+;18-,23+;18-,21+/m010/s1. The Morgan fingerprint density at radius 3 is 1.13 bits per heavy atom. The van der Waals surface area contributed by atoms with Gasteiger partial charge in [-0.2, -0.15) is 0 Å². The summed E-state index contributed by atoms with van der Waals surface area (Å²) in [5.41, 5.74) is 13.2. The van der Waals surface area contributed by atoms with Crippen molar-refractivity contribution in [3.63, 3.8) is 0 Å². The molecule has 0 saturated heterocycles. The van der Waals surface area contributed by atoms with Gasteiger partial charge in [0, 0.05) is 122 Å². The molecule has 0 aromatic carbocycles. The minimum absolute atomic E-state index is 0.00335. The van der Waals surface area contributed by atoms with Crippen LogP contribution in [0.2, 0.25) is 0 Å². The van der Waals surface area contributed by atoms with E-state index < -0.39 is 143 Å². The molecule has 0 saturated carbocycles. The molecule has 2 rings (SSSR count). The Hall–Kier alpha value is -9.01. The van der Waals surface area contributed by atoms with E-state index in [1.165, 1.54) is 24.3 Å². The minimum Gasteiger partial charge on any atom is -0.748 e. The van der Waals surface area contributed by atoms with Crippen molar-refractivity contribution >= 4 is 120 Å². The lowest BCUT2D eigenvalue weighted by atomic mass is 9.78. The SMILES string of the molecule is C=CS(=O)(=O)CCCCCC(=O)N[C@@H](C(=O)C[C@H](CCCNC(N)=O)C(=O)C(C)(C)C)C(C)C.CC(C)[C@@H](NC(=O)[C@@H](CS(=O)(=O)[O-])NC(=O)CCCCCN1C(=O)C=CC1=O)C(=O)C[C@H](CCCNC(N)=O)C(=O)C(C)(C)C.CC(C)[C@H](NC(=O)COCCOCCN1C(=O)C=CC1=O)C(=O)C[C@@H](CCCNC(N)=O)C(=O)C(C)(C)C. The summed E-state index contributed by atoms with van der Waals surface area (Å²) in [6.07, 6.45) is 9.65. The van der Waals surface area contributed by atoms with E-state index >= 15 is 0 Å². The van der Waals surface area contributed by atoms with Crippen LogP contribution in [0.25, 0.3) is 0 Å². The van der Waals surface area contributed by atoms with E-state index in [9.17, 15) is 103 Å². The summed E-state index contributed by atoms with van der Waals surface area (Å²) in [6, 6.07) is -6.44. The number of amides is 14. The molecule has 0 spiro atoms. The number of hydrogen-bond acceptors (Lipinski definition) is 24. The highest BCUT2D eigenvalue weighted by molar-refractivity contribution is 7.94. The highest BCUT2D eigenvalue weighted by Crippen LogP contribution is 2.30. The number of primary amides is 3. The summed E-state index contributed by atoms with van der Waals surface area (Å²) in [6.45, 7) is 31.0. The predicted octanol–water partition coefficient (Wildman–Crippen LogP) is 3.89. The Morgan fingerprint density at radius 2 is 0.786 bits per heavy atom. The van der Waals surface area contributed by atoms with Crippen LogP contribution < -0.4 is 54.4 Å². The van der Waals surface area contributed by atoms with Gasteiger partial charge in [0.05, 0.1) is 66.1 Å². The molecule has 2 heterocycles. The third kappa shape index (κ3) is 46.7. The Kier molecular flexibility index (Phi) is 49.3. The second-order valence-corrected chi connectivity index (χ2v) is 36.6. The molecule has 14 amide bonds. The number of nitrogens with two attached hydrogens (primary N) is 3. The topological polar surface area (TPSA) is 569 Å². The molecule has 0 bridgehead atoms. The van der Waals surface area contributed by atoms with Gasteiger partial charge in [0.15, 0.2) is 27.2 Å². The average molecular weight is 1700 g/mol. The van der Waals surface area contributed by atoms with Crippen molar-refractivity contribution in [2.75, 3.05) is 70.7 Å². The molecule has 7 atom stereocenters. The number of carbonyl (C=O) groups is 17. The van der Waals surface area contributed by atoms with Crippen molar-refractivity contribution in [1.82, 2.24) is 47.0 Å². The summed E-state index contributed by atoms with van der Waals surface area (Å²) < 4.78 is 68.1. The summed E-state index contributed by atoms with van der Waals surface area (Å²) in [5.74, 6) is -9.23. The van der Waals surface area contributed by atoms with Crippen LogP contribution in [0.5, 0.6) is 0 Å². The third-order valence-electron chi connectivity index (χ3n) is 18.5. The molecule has 0 radical (unpaired) electrons. The normalized spacial score (nSPS) is 14.8. The lowest BCUT2D eigenvalue weighted by Gasteiger charge is -2.28. The van der Waals surface area contributed by atoms with Gasteiger partial charge >= 0.3 is 18.1 Å². The predicted molar refractivity (Wildman–Crippen MR) is 434 cm³/mol. The number of Topliss-reactive ketones (excluding diaryl/α,β-unsaturated/α-hetero) is 6. The van der Waals surface area contributed by atoms with Gasteiger partial charge in [0.1, 0.15) is 30.0 Å². The van der Waals surface area contributed by atoms with E-state index in [-0.39, 0.29) is 149 Å². The van der Waals surface area contributed by atoms with Crippen LogP contribution in [0.4, 0.5) is 14.4 Å². The Balaban J connectivity index is 0.00000174. The van der Waals surface area contributed by atoms with Crippen LogP contribution >= 0.6 is 0 Å². The van der Waals surface area contributed by atoms with Crippen molar-refractivity contribution in [3.8, 4) is 0 Å². The molecular formula is C79H131N12O24S2-. The van der Waals surface area contributed by atoms with Crippen LogP contribution in [0.15, 0.2) is 36.3 Å². The van der Waals surface area contributed by atoms with Gasteiger partial charge in [-0.15, -0.1) is 0 Å². The molecule has 38 heteroatoms. The van der Waals surface area contributed by atoms with Gasteiger partial charge in [0.25, 0.3) is 23.6 Å². The van der Waals surface area contributed by atoms with E-state index in [4.69, 9.17) is 26.7 Å². The molecule has 664 valence electrons. The summed E-state index contributed by atoms with van der Waals surface area (Å²) in [7, 11) is -8.21. The maximum absolute atomic E-state index is 13.4. The van der Waals surface area contributed by atoms with Gasteiger partial charge < -0.3 is 68.4 Å². The highest BCUT2D eigenvalue weighted by Gasteiger charge is 2.39. The molecule has 0 aromatic heterocycles. The average Bonchev–Trinajstić information content (AvgIpc) is 1.62. The molecular weight excluding hydrogens is 1570 g/mol. The fraction of sp³-hybridized carbons (Fsp3) is 0.709. The Morgan fingerprint density at radius 1 is 0.453 bits per heavy atom. The Bertz CT molecular complexity index is 3670. The first kappa shape index (κ1) is 108. The molecule has 0 aliphatic carbocycles. The number of nitrogens with zero attached hydrogens (tertiary/aromatic N) is 2. The van der Waals surface area contributed by atoms with Crippen LogP contribution in [0.3, 0.4) is 0 Å². The van der Waals surface area contributed by atoms with Gasteiger partial charge in [-0.05, 0) is 82.0 Å². The zero-order valence-electron chi connectivity index (χ0n) is 70.9. The monoisotopic (exact) mass is 1700 g/mol. The van der Waals surface area contributed by atoms with Crippen molar-refractivity contribution in [3.05, 3.63) is 36.3 Å². The quantitative estimate of drug-likeness (QED) is 0.0234. The third-order valence-corrected chi connectivity index (χ3v) is 20.6. The lowest BCUT2D eigenvalue weighted by molar-refractivity contribution is -0.139. The number of sulfone groups is 1. The number of ketones is 6. The summed E-state index contributed by atoms with van der Waals surface area (Å²) in [5, 5.41) is 18.5. The van der Waals surface area contributed by atoms with Gasteiger partial charge in [-0.1, -0.05) is 123 Å². The molecule has 36 nitrogen and oxygen atoms in total. The molecule has 0 unspecified atom stereocenters. The number of carbonyl (C=O) groups excluding carboxylic acids is 17. The van der Waals surface area contributed by atoms with Crippen LogP contribution in [-0.2, 0) is 96.6 Å². The first-order chi connectivity index (χ1) is 54.1. The fourth-order valence-electron chi connectivity index (χ4n) is 12.3. The van der Waals surface area contributed by atoms with Crippen molar-refractivity contribution in [1.29, 1.82) is 0 Å². The number of unbranched alkanes of at least 4 members (excludes halogenated alkanes) is 4. The number of rotatable bonds is 55. The minimum atomic E-state index is -4.97. The second kappa shape index (κ2) is 53.4. The fourth-order valence-corrected chi connectivity index (χ4v) is 13.7. The molecule has 117 heavy (non-hydrogen) atoms. The first-order valence-electron chi connectivity index (χ1n) is 39.6. The maximum atomic E-state index is 13.4.